The van der Waals surface area contributed by atoms with Gasteiger partial charge in [0.1, 0.15) is 11.9 Å². The maximum absolute atomic E-state index is 12.9. The highest BCUT2D eigenvalue weighted by Gasteiger charge is 2.48. The molecule has 1 aromatic carbocycles. The van der Waals surface area contributed by atoms with Gasteiger partial charge in [-0.15, -0.1) is 0 Å². The van der Waals surface area contributed by atoms with E-state index in [1.165, 1.54) is 0 Å². The van der Waals surface area contributed by atoms with Gasteiger partial charge in [0.2, 0.25) is 0 Å². The van der Waals surface area contributed by atoms with Crippen molar-refractivity contribution in [1.29, 1.82) is 0 Å². The smallest absolute Gasteiger partial charge is 0.340 e. The first-order valence-corrected chi connectivity index (χ1v) is 8.17. The zero-order valence-corrected chi connectivity index (χ0v) is 14.7. The van der Waals surface area contributed by atoms with Gasteiger partial charge in [-0.2, -0.15) is 0 Å². The lowest BCUT2D eigenvalue weighted by atomic mass is 9.99. The molecule has 2 aromatic rings. The number of methoxy groups -OCH3 is 1. The Balaban J connectivity index is 1.84. The normalized spacial score (nSPS) is 18.7. The largest absolute Gasteiger partial charge is 0.497 e. The fraction of sp³-hybridized carbons (Fsp3) is 0.368. The number of Topliss-reactive ketones (excluding diaryl/α,β-unsaturated/α-hetero) is 1. The zero-order valence-electron chi connectivity index (χ0n) is 14.7. The second kappa shape index (κ2) is 6.72. The van der Waals surface area contributed by atoms with Crippen molar-refractivity contribution in [3.8, 4) is 5.75 Å². The monoisotopic (exact) mass is 343 g/mol. The summed E-state index contributed by atoms with van der Waals surface area (Å²) in [6.07, 6.45) is -0.890. The van der Waals surface area contributed by atoms with Crippen molar-refractivity contribution in [1.82, 2.24) is 4.98 Å². The van der Waals surface area contributed by atoms with E-state index in [1.807, 2.05) is 24.3 Å². The predicted octanol–water partition coefficient (Wildman–Crippen LogP) is 3.14. The van der Waals surface area contributed by atoms with Crippen molar-refractivity contribution in [3.63, 3.8) is 0 Å². The van der Waals surface area contributed by atoms with Crippen LogP contribution in [0.3, 0.4) is 0 Å². The third kappa shape index (κ3) is 3.17. The molecule has 0 radical (unpaired) electrons. The summed E-state index contributed by atoms with van der Waals surface area (Å²) in [6.45, 7) is 5.51. The third-order valence-electron chi connectivity index (χ3n) is 4.30. The number of hydrogen-bond acceptors (Lipinski definition) is 5. The number of aromatic amines is 1. The Bertz CT molecular complexity index is 806. The quantitative estimate of drug-likeness (QED) is 0.495. The average molecular weight is 343 g/mol. The molecule has 6 heteroatoms. The van der Waals surface area contributed by atoms with Crippen LogP contribution in [-0.4, -0.2) is 36.6 Å². The molecule has 1 saturated heterocycles. The van der Waals surface area contributed by atoms with Crippen LogP contribution in [0.2, 0.25) is 0 Å². The van der Waals surface area contributed by atoms with E-state index in [9.17, 15) is 9.59 Å². The average Bonchev–Trinajstić information content (AvgIpc) is 3.33. The van der Waals surface area contributed by atoms with E-state index in [-0.39, 0.29) is 18.5 Å². The molecule has 1 aliphatic rings. The molecular formula is C19H21NO5. The fourth-order valence-corrected chi connectivity index (χ4v) is 3.05. The van der Waals surface area contributed by atoms with E-state index in [4.69, 9.17) is 14.2 Å². The van der Waals surface area contributed by atoms with Crippen LogP contribution in [0.4, 0.5) is 0 Å². The molecule has 1 aromatic heterocycles. The molecule has 2 atom stereocenters. The summed E-state index contributed by atoms with van der Waals surface area (Å²) in [7, 11) is 1.60. The number of hydrogen-bond donors (Lipinski definition) is 1. The summed E-state index contributed by atoms with van der Waals surface area (Å²) < 4.78 is 15.8. The molecule has 25 heavy (non-hydrogen) atoms. The topological polar surface area (TPSA) is 80.9 Å². The number of rotatable bonds is 6. The van der Waals surface area contributed by atoms with Gasteiger partial charge in [0.25, 0.3) is 0 Å². The Morgan fingerprint density at radius 3 is 2.36 bits per heavy atom. The molecular weight excluding hydrogens is 322 g/mol. The first kappa shape index (κ1) is 17.2. The maximum atomic E-state index is 12.9. The highest BCUT2D eigenvalue weighted by molar-refractivity contribution is 6.11. The summed E-state index contributed by atoms with van der Waals surface area (Å²) in [5, 5.41) is 0. The van der Waals surface area contributed by atoms with Gasteiger partial charge >= 0.3 is 5.97 Å². The van der Waals surface area contributed by atoms with E-state index >= 15 is 0 Å². The van der Waals surface area contributed by atoms with E-state index in [1.54, 1.807) is 27.9 Å². The van der Waals surface area contributed by atoms with Gasteiger partial charge in [0.15, 0.2) is 11.9 Å². The van der Waals surface area contributed by atoms with Crippen LogP contribution in [-0.2, 0) is 9.47 Å². The van der Waals surface area contributed by atoms with Crippen LogP contribution < -0.4 is 4.74 Å². The molecule has 3 rings (SSSR count). The summed E-state index contributed by atoms with van der Waals surface area (Å²) >= 11 is 0. The Morgan fingerprint density at radius 2 is 1.76 bits per heavy atom. The summed E-state index contributed by atoms with van der Waals surface area (Å²) in [4.78, 5) is 28.2. The number of aryl methyl sites for hydroxylation is 2. The Hall–Kier alpha value is -2.60. The van der Waals surface area contributed by atoms with E-state index in [2.05, 4.69) is 4.98 Å². The molecule has 0 amide bonds. The molecule has 1 N–H and O–H groups in total. The van der Waals surface area contributed by atoms with Crippen LogP contribution in [0.1, 0.15) is 50.7 Å². The lowest BCUT2D eigenvalue weighted by molar-refractivity contribution is 0.0522. The SMILES string of the molecule is CCOC(=O)c1c(C)[nH]c(C)c1C(=O)[C@H]1O[C@@H]1c1ccc(OC)cc1. The predicted molar refractivity (Wildman–Crippen MR) is 91.2 cm³/mol. The van der Waals surface area contributed by atoms with Crippen molar-refractivity contribution in [2.75, 3.05) is 13.7 Å². The van der Waals surface area contributed by atoms with Gasteiger partial charge in [0, 0.05) is 11.4 Å². The number of carbonyl (C=O) groups excluding carboxylic acids is 2. The standard InChI is InChI=1S/C19H21NO5/c1-5-24-19(22)15-11(3)20-10(2)14(15)16(21)18-17(25-18)12-6-8-13(23-4)9-7-12/h6-9,17-18,20H,5H2,1-4H3/t17-,18-/m1/s1. The Kier molecular flexibility index (Phi) is 4.63. The van der Waals surface area contributed by atoms with Crippen LogP contribution >= 0.6 is 0 Å². The number of aromatic nitrogens is 1. The molecule has 2 heterocycles. The number of carbonyl (C=O) groups is 2. The van der Waals surface area contributed by atoms with Crippen LogP contribution in [0.25, 0.3) is 0 Å². The van der Waals surface area contributed by atoms with Gasteiger partial charge in [-0.05, 0) is 38.5 Å². The summed E-state index contributed by atoms with van der Waals surface area (Å²) in [6, 6.07) is 7.40. The minimum atomic E-state index is -0.588. The highest BCUT2D eigenvalue weighted by atomic mass is 16.6. The number of H-pyrrole nitrogens is 1. The van der Waals surface area contributed by atoms with Crippen LogP contribution in [0.15, 0.2) is 24.3 Å². The summed E-state index contributed by atoms with van der Waals surface area (Å²) in [5.41, 5.74) is 2.84. The lowest BCUT2D eigenvalue weighted by Gasteiger charge is -2.04. The minimum absolute atomic E-state index is 0.203. The van der Waals surface area contributed by atoms with Crippen molar-refractivity contribution in [2.24, 2.45) is 0 Å². The van der Waals surface area contributed by atoms with Gasteiger partial charge < -0.3 is 19.2 Å². The second-order valence-electron chi connectivity index (χ2n) is 5.96. The van der Waals surface area contributed by atoms with Crippen molar-refractivity contribution >= 4 is 11.8 Å². The van der Waals surface area contributed by atoms with Crippen molar-refractivity contribution in [2.45, 2.75) is 33.0 Å². The zero-order chi connectivity index (χ0) is 18.1. The first-order chi connectivity index (χ1) is 12.0. The van der Waals surface area contributed by atoms with Crippen molar-refractivity contribution < 1.29 is 23.8 Å². The molecule has 0 saturated carbocycles. The van der Waals surface area contributed by atoms with Gasteiger partial charge in [-0.1, -0.05) is 12.1 Å². The molecule has 132 valence electrons. The molecule has 0 aliphatic carbocycles. The van der Waals surface area contributed by atoms with Gasteiger partial charge in [0.05, 0.1) is 24.8 Å². The minimum Gasteiger partial charge on any atom is -0.497 e. The highest BCUT2D eigenvalue weighted by Crippen LogP contribution is 2.42. The number of nitrogens with one attached hydrogen (secondary N) is 1. The molecule has 0 bridgehead atoms. The van der Waals surface area contributed by atoms with Crippen LogP contribution in [0.5, 0.6) is 5.75 Å². The fourth-order valence-electron chi connectivity index (χ4n) is 3.05. The third-order valence-corrected chi connectivity index (χ3v) is 4.30. The number of ether oxygens (including phenoxy) is 3. The van der Waals surface area contributed by atoms with E-state index < -0.39 is 12.1 Å². The molecule has 0 unspecified atom stereocenters. The molecule has 1 aliphatic heterocycles. The van der Waals surface area contributed by atoms with Crippen LogP contribution in [0, 0.1) is 13.8 Å². The maximum Gasteiger partial charge on any atom is 0.340 e. The van der Waals surface area contributed by atoms with E-state index in [0.717, 1.165) is 11.3 Å². The summed E-state index contributed by atoms with van der Waals surface area (Å²) in [5.74, 6) is 0.0500. The van der Waals surface area contributed by atoms with Gasteiger partial charge in [-0.3, -0.25) is 4.79 Å². The number of ketones is 1. The molecule has 0 spiro atoms. The second-order valence-corrected chi connectivity index (χ2v) is 5.96. The number of esters is 1. The van der Waals surface area contributed by atoms with Crippen molar-refractivity contribution in [3.05, 3.63) is 52.3 Å². The van der Waals surface area contributed by atoms with E-state index in [0.29, 0.717) is 22.5 Å². The molecule has 1 fully saturated rings. The number of benzene rings is 1. The Labute approximate surface area is 146 Å². The van der Waals surface area contributed by atoms with Gasteiger partial charge in [-0.25, -0.2) is 4.79 Å². The number of epoxide rings is 1. The first-order valence-electron chi connectivity index (χ1n) is 8.17. The lowest BCUT2D eigenvalue weighted by Crippen LogP contribution is -2.15. The Morgan fingerprint density at radius 1 is 1.12 bits per heavy atom. The molecule has 6 nitrogen and oxygen atoms in total.